The summed E-state index contributed by atoms with van der Waals surface area (Å²) in [4.78, 5) is 22.4. The Hall–Kier alpha value is -1.66. The van der Waals surface area contributed by atoms with Crippen molar-refractivity contribution >= 4 is 44.3 Å². The zero-order chi connectivity index (χ0) is 16.4. The smallest absolute Gasteiger partial charge is 0.336 e. The van der Waals surface area contributed by atoms with Gasteiger partial charge in [0, 0.05) is 20.1 Å². The lowest BCUT2D eigenvalue weighted by Gasteiger charge is -2.17. The Morgan fingerprint density at radius 1 is 1.05 bits per heavy atom. The van der Waals surface area contributed by atoms with Crippen LogP contribution in [0, 0.1) is 13.8 Å². The number of halogens is 2. The Kier molecular flexibility index (Phi) is 5.03. The molecular formula is C16H12Br2O4. The molecule has 0 aromatic heterocycles. The zero-order valence-corrected chi connectivity index (χ0v) is 15.0. The molecule has 114 valence electrons. The van der Waals surface area contributed by atoms with Crippen molar-refractivity contribution in [3.05, 3.63) is 49.9 Å². The highest BCUT2D eigenvalue weighted by Gasteiger charge is 2.21. The van der Waals surface area contributed by atoms with E-state index in [2.05, 4.69) is 31.9 Å². The van der Waals surface area contributed by atoms with Gasteiger partial charge in [0.15, 0.2) is 0 Å². The normalized spacial score (nSPS) is 10.4. The Balaban J connectivity index is 2.87. The largest absolute Gasteiger partial charge is 0.478 e. The molecule has 2 aromatic rings. The molecule has 0 bridgehead atoms. The van der Waals surface area contributed by atoms with Crippen LogP contribution >= 0.6 is 31.9 Å². The van der Waals surface area contributed by atoms with Gasteiger partial charge in [-0.3, -0.25) is 4.79 Å². The van der Waals surface area contributed by atoms with Gasteiger partial charge in [0.05, 0.1) is 5.56 Å². The summed E-state index contributed by atoms with van der Waals surface area (Å²) in [6, 6.07) is 6.86. The summed E-state index contributed by atoms with van der Waals surface area (Å²) < 4.78 is 6.48. The number of aromatic carboxylic acids is 1. The lowest BCUT2D eigenvalue weighted by Crippen LogP contribution is -2.04. The van der Waals surface area contributed by atoms with Crippen LogP contribution in [0.1, 0.15) is 21.5 Å². The third-order valence-electron chi connectivity index (χ3n) is 3.22. The van der Waals surface area contributed by atoms with E-state index in [0.29, 0.717) is 27.8 Å². The average Bonchev–Trinajstić information content (AvgIpc) is 2.39. The first kappa shape index (κ1) is 16.7. The fourth-order valence-electron chi connectivity index (χ4n) is 2.42. The van der Waals surface area contributed by atoms with Gasteiger partial charge in [-0.05, 0) is 49.2 Å². The number of carbonyl (C=O) groups is 2. The number of hydrogen-bond acceptors (Lipinski definition) is 3. The summed E-state index contributed by atoms with van der Waals surface area (Å²) in [7, 11) is 0. The molecule has 6 heteroatoms. The van der Waals surface area contributed by atoms with E-state index in [1.54, 1.807) is 6.07 Å². The van der Waals surface area contributed by atoms with Crippen LogP contribution in [0.3, 0.4) is 0 Å². The molecule has 0 unspecified atom stereocenters. The number of carboxylic acid groups (broad SMARTS) is 1. The molecule has 0 spiro atoms. The van der Waals surface area contributed by atoms with E-state index >= 15 is 0 Å². The van der Waals surface area contributed by atoms with E-state index in [1.165, 1.54) is 6.07 Å². The predicted molar refractivity (Wildman–Crippen MR) is 90.4 cm³/mol. The minimum atomic E-state index is -1.04. The topological polar surface area (TPSA) is 63.6 Å². The second kappa shape index (κ2) is 6.62. The molecule has 0 saturated carbocycles. The van der Waals surface area contributed by atoms with E-state index in [1.807, 2.05) is 26.0 Å². The lowest BCUT2D eigenvalue weighted by atomic mass is 9.91. The maximum atomic E-state index is 11.6. The summed E-state index contributed by atoms with van der Waals surface area (Å²) in [5, 5.41) is 9.50. The van der Waals surface area contributed by atoms with Crippen molar-refractivity contribution in [2.75, 3.05) is 0 Å². The minimum absolute atomic E-state index is 0.146. The minimum Gasteiger partial charge on any atom is -0.478 e. The highest BCUT2D eigenvalue weighted by atomic mass is 79.9. The average molecular weight is 428 g/mol. The summed E-state index contributed by atoms with van der Waals surface area (Å²) in [5.74, 6) is -0.728. The van der Waals surface area contributed by atoms with Gasteiger partial charge >= 0.3 is 5.97 Å². The molecule has 0 radical (unpaired) electrons. The Labute approximate surface area is 144 Å². The number of ether oxygens (including phenoxy) is 1. The van der Waals surface area contributed by atoms with Crippen LogP contribution in [-0.2, 0) is 4.79 Å². The molecule has 0 amide bonds. The molecular weight excluding hydrogens is 416 g/mol. The molecule has 2 aromatic carbocycles. The monoisotopic (exact) mass is 426 g/mol. The second-order valence-electron chi connectivity index (χ2n) is 4.76. The molecule has 0 saturated heterocycles. The number of carbonyl (C=O) groups excluding carboxylic acids is 1. The highest BCUT2D eigenvalue weighted by molar-refractivity contribution is 9.10. The van der Waals surface area contributed by atoms with E-state index in [9.17, 15) is 14.7 Å². The molecule has 4 nitrogen and oxygen atoms in total. The van der Waals surface area contributed by atoms with Crippen molar-refractivity contribution < 1.29 is 19.4 Å². The van der Waals surface area contributed by atoms with Gasteiger partial charge in [0.2, 0.25) is 0 Å². The lowest BCUT2D eigenvalue weighted by molar-refractivity contribution is -0.120. The number of aryl methyl sites for hydroxylation is 2. The van der Waals surface area contributed by atoms with Crippen LogP contribution < -0.4 is 4.74 Å². The third-order valence-corrected chi connectivity index (χ3v) is 4.14. The maximum Gasteiger partial charge on any atom is 0.336 e. The summed E-state index contributed by atoms with van der Waals surface area (Å²) in [6.07, 6.45) is 0. The molecule has 0 fully saturated rings. The van der Waals surface area contributed by atoms with Gasteiger partial charge in [-0.15, -0.1) is 0 Å². The first-order valence-electron chi connectivity index (χ1n) is 6.29. The van der Waals surface area contributed by atoms with Gasteiger partial charge in [0.25, 0.3) is 6.47 Å². The van der Waals surface area contributed by atoms with Crippen molar-refractivity contribution in [3.63, 3.8) is 0 Å². The molecule has 0 atom stereocenters. The Morgan fingerprint density at radius 2 is 1.59 bits per heavy atom. The number of carboxylic acids is 1. The van der Waals surface area contributed by atoms with Crippen molar-refractivity contribution in [1.82, 2.24) is 0 Å². The van der Waals surface area contributed by atoms with Crippen LogP contribution in [0.15, 0.2) is 33.2 Å². The van der Waals surface area contributed by atoms with Gasteiger partial charge in [-0.25, -0.2) is 4.79 Å². The van der Waals surface area contributed by atoms with E-state index in [0.717, 1.165) is 15.6 Å². The fraction of sp³-hybridized carbons (Fsp3) is 0.125. The van der Waals surface area contributed by atoms with E-state index in [4.69, 9.17) is 4.74 Å². The second-order valence-corrected chi connectivity index (χ2v) is 6.59. The molecule has 2 rings (SSSR count). The van der Waals surface area contributed by atoms with Crippen LogP contribution in [-0.4, -0.2) is 17.5 Å². The molecule has 1 N–H and O–H groups in total. The van der Waals surface area contributed by atoms with Crippen molar-refractivity contribution in [3.8, 4) is 16.9 Å². The number of rotatable bonds is 4. The van der Waals surface area contributed by atoms with Gasteiger partial charge in [0.1, 0.15) is 5.75 Å². The van der Waals surface area contributed by atoms with Crippen molar-refractivity contribution in [2.45, 2.75) is 13.8 Å². The van der Waals surface area contributed by atoms with E-state index < -0.39 is 5.97 Å². The molecule has 0 aliphatic carbocycles. The van der Waals surface area contributed by atoms with Crippen LogP contribution in [0.4, 0.5) is 0 Å². The quantitative estimate of drug-likeness (QED) is 0.716. The van der Waals surface area contributed by atoms with Crippen LogP contribution in [0.2, 0.25) is 0 Å². The van der Waals surface area contributed by atoms with Gasteiger partial charge in [-0.2, -0.15) is 0 Å². The zero-order valence-electron chi connectivity index (χ0n) is 11.8. The molecule has 22 heavy (non-hydrogen) atoms. The number of hydrogen-bond donors (Lipinski definition) is 1. The fourth-order valence-corrected chi connectivity index (χ4v) is 3.54. The van der Waals surface area contributed by atoms with Crippen molar-refractivity contribution in [2.24, 2.45) is 0 Å². The molecule has 0 heterocycles. The third kappa shape index (κ3) is 3.23. The van der Waals surface area contributed by atoms with Crippen molar-refractivity contribution in [1.29, 1.82) is 0 Å². The first-order chi connectivity index (χ1) is 10.3. The Morgan fingerprint density at radius 3 is 2.14 bits per heavy atom. The predicted octanol–water partition coefficient (Wildman–Crippen LogP) is 4.73. The standard InChI is InChI=1S/C16H12Br2O4/c1-8-3-10(17)5-12(16(20)21)14(8)15-9(2)4-11(18)6-13(15)22-7-19/h3-7H,1-2H3,(H,20,21). The van der Waals surface area contributed by atoms with E-state index in [-0.39, 0.29) is 5.56 Å². The van der Waals surface area contributed by atoms with Gasteiger partial charge < -0.3 is 9.84 Å². The summed E-state index contributed by atoms with van der Waals surface area (Å²) in [6.45, 7) is 3.99. The van der Waals surface area contributed by atoms with Crippen LogP contribution in [0.25, 0.3) is 11.1 Å². The summed E-state index contributed by atoms with van der Waals surface area (Å²) in [5.41, 5.74) is 2.86. The molecule has 0 aliphatic heterocycles. The molecule has 0 aliphatic rings. The Bertz CT molecular complexity index is 769. The maximum absolute atomic E-state index is 11.6. The highest BCUT2D eigenvalue weighted by Crippen LogP contribution is 2.40. The summed E-state index contributed by atoms with van der Waals surface area (Å²) >= 11 is 6.66. The SMILES string of the molecule is Cc1cc(Br)cc(OC=O)c1-c1c(C)cc(Br)cc1C(=O)O. The van der Waals surface area contributed by atoms with Crippen LogP contribution in [0.5, 0.6) is 5.75 Å². The number of benzene rings is 2. The van der Waals surface area contributed by atoms with Gasteiger partial charge in [-0.1, -0.05) is 31.9 Å². The first-order valence-corrected chi connectivity index (χ1v) is 7.88.